The third-order valence-corrected chi connectivity index (χ3v) is 2.67. The Hall–Kier alpha value is -1.65. The zero-order valence-electron chi connectivity index (χ0n) is 8.98. The van der Waals surface area contributed by atoms with Gasteiger partial charge in [0.05, 0.1) is 5.69 Å². The molecule has 0 fully saturated rings. The summed E-state index contributed by atoms with van der Waals surface area (Å²) in [6.07, 6.45) is 6.65. The maximum absolute atomic E-state index is 10.4. The second-order valence-electron chi connectivity index (χ2n) is 3.85. The van der Waals surface area contributed by atoms with Gasteiger partial charge in [-0.15, -0.1) is 0 Å². The molecule has 0 amide bonds. The lowest BCUT2D eigenvalue weighted by Gasteiger charge is -2.09. The first kappa shape index (κ1) is 10.9. The van der Waals surface area contributed by atoms with Crippen molar-refractivity contribution in [2.75, 3.05) is 6.61 Å². The van der Waals surface area contributed by atoms with Gasteiger partial charge >= 0.3 is 5.97 Å². The molecule has 0 saturated carbocycles. The molecule has 0 atom stereocenters. The van der Waals surface area contributed by atoms with Crippen molar-refractivity contribution in [1.29, 1.82) is 0 Å². The summed E-state index contributed by atoms with van der Waals surface area (Å²) in [5, 5.41) is 8.57. The van der Waals surface area contributed by atoms with Crippen molar-refractivity contribution in [3.63, 3.8) is 0 Å². The average molecular weight is 222 g/mol. The fraction of sp³-hybridized carbons (Fsp3) is 0.545. The molecule has 1 aromatic rings. The summed E-state index contributed by atoms with van der Waals surface area (Å²) in [5.41, 5.74) is 1.99. The van der Waals surface area contributed by atoms with Crippen molar-refractivity contribution < 1.29 is 14.6 Å². The van der Waals surface area contributed by atoms with Crippen LogP contribution in [0.1, 0.15) is 30.5 Å². The smallest absolute Gasteiger partial charge is 0.341 e. The second kappa shape index (κ2) is 4.92. The molecular weight excluding hydrogens is 208 g/mol. The summed E-state index contributed by atoms with van der Waals surface area (Å²) in [6.45, 7) is -0.344. The van der Waals surface area contributed by atoms with Crippen LogP contribution in [0.3, 0.4) is 0 Å². The van der Waals surface area contributed by atoms with Gasteiger partial charge in [-0.3, -0.25) is 0 Å². The van der Waals surface area contributed by atoms with Crippen molar-refractivity contribution in [3.8, 4) is 5.88 Å². The fourth-order valence-corrected chi connectivity index (χ4v) is 1.92. The molecule has 2 rings (SSSR count). The number of aromatic nitrogens is 2. The Morgan fingerprint density at radius 2 is 2.12 bits per heavy atom. The monoisotopic (exact) mass is 222 g/mol. The number of hydrogen-bond donors (Lipinski definition) is 1. The zero-order valence-corrected chi connectivity index (χ0v) is 8.98. The zero-order chi connectivity index (χ0) is 11.4. The van der Waals surface area contributed by atoms with Crippen molar-refractivity contribution >= 4 is 5.97 Å². The number of fused-ring (bicyclic) bond motifs is 1. The van der Waals surface area contributed by atoms with Gasteiger partial charge in [0.25, 0.3) is 0 Å². The molecule has 16 heavy (non-hydrogen) atoms. The molecule has 1 N–H and O–H groups in total. The lowest BCUT2D eigenvalue weighted by Crippen LogP contribution is -2.12. The van der Waals surface area contributed by atoms with Gasteiger partial charge in [0.2, 0.25) is 5.88 Å². The lowest BCUT2D eigenvalue weighted by molar-refractivity contribution is -0.139. The molecule has 0 bridgehead atoms. The molecule has 0 aromatic carbocycles. The van der Waals surface area contributed by atoms with Crippen LogP contribution in [0.5, 0.6) is 5.88 Å². The van der Waals surface area contributed by atoms with Crippen LogP contribution < -0.4 is 4.74 Å². The number of ether oxygens (including phenoxy) is 1. The van der Waals surface area contributed by atoms with E-state index in [2.05, 4.69) is 9.97 Å². The van der Waals surface area contributed by atoms with Gasteiger partial charge in [-0.05, 0) is 25.7 Å². The highest BCUT2D eigenvalue weighted by Crippen LogP contribution is 2.25. The third kappa shape index (κ3) is 2.48. The van der Waals surface area contributed by atoms with Crippen LogP contribution in [0, 0.1) is 0 Å². The van der Waals surface area contributed by atoms with E-state index in [0.29, 0.717) is 5.88 Å². The number of aliphatic carboxylic acids is 1. The Morgan fingerprint density at radius 1 is 1.31 bits per heavy atom. The van der Waals surface area contributed by atoms with Gasteiger partial charge in [-0.1, -0.05) is 6.42 Å². The van der Waals surface area contributed by atoms with E-state index in [1.54, 1.807) is 0 Å². The number of nitrogens with zero attached hydrogens (tertiary/aromatic N) is 2. The Labute approximate surface area is 93.5 Å². The Bertz CT molecular complexity index is 393. The van der Waals surface area contributed by atoms with Gasteiger partial charge in [0.1, 0.15) is 6.33 Å². The van der Waals surface area contributed by atoms with Crippen molar-refractivity contribution in [2.24, 2.45) is 0 Å². The van der Waals surface area contributed by atoms with Crippen LogP contribution in [0.2, 0.25) is 0 Å². The predicted octanol–water partition coefficient (Wildman–Crippen LogP) is 1.21. The largest absolute Gasteiger partial charge is 0.479 e. The van der Waals surface area contributed by atoms with E-state index >= 15 is 0 Å². The topological polar surface area (TPSA) is 72.3 Å². The van der Waals surface area contributed by atoms with Crippen molar-refractivity contribution in [2.45, 2.75) is 32.1 Å². The number of hydrogen-bond acceptors (Lipinski definition) is 4. The van der Waals surface area contributed by atoms with Crippen LogP contribution in [0.25, 0.3) is 0 Å². The van der Waals surface area contributed by atoms with Crippen LogP contribution >= 0.6 is 0 Å². The molecule has 0 saturated heterocycles. The minimum Gasteiger partial charge on any atom is -0.479 e. The van der Waals surface area contributed by atoms with E-state index in [1.165, 1.54) is 12.7 Å². The third-order valence-electron chi connectivity index (χ3n) is 2.67. The number of carboxylic acid groups (broad SMARTS) is 1. The second-order valence-corrected chi connectivity index (χ2v) is 3.85. The molecule has 5 nitrogen and oxygen atoms in total. The predicted molar refractivity (Wildman–Crippen MR) is 56.4 cm³/mol. The number of rotatable bonds is 3. The lowest BCUT2D eigenvalue weighted by atomic mass is 10.1. The average Bonchev–Trinajstić information content (AvgIpc) is 2.51. The van der Waals surface area contributed by atoms with Crippen molar-refractivity contribution in [1.82, 2.24) is 9.97 Å². The van der Waals surface area contributed by atoms with Crippen LogP contribution in [0.4, 0.5) is 0 Å². The summed E-state index contributed by atoms with van der Waals surface area (Å²) >= 11 is 0. The Morgan fingerprint density at radius 3 is 2.94 bits per heavy atom. The molecule has 0 radical (unpaired) electrons. The first-order chi connectivity index (χ1) is 7.77. The molecule has 1 aliphatic carbocycles. The molecule has 0 aliphatic heterocycles. The summed E-state index contributed by atoms with van der Waals surface area (Å²) in [4.78, 5) is 18.7. The molecule has 5 heteroatoms. The quantitative estimate of drug-likeness (QED) is 0.778. The fourth-order valence-electron chi connectivity index (χ4n) is 1.92. The highest BCUT2D eigenvalue weighted by Gasteiger charge is 2.15. The standard InChI is InChI=1S/C11H14N2O3/c14-10(15)6-16-11-8-4-2-1-3-5-9(8)12-7-13-11/h7H,1-6H2,(H,14,15). The molecule has 0 spiro atoms. The van der Waals surface area contributed by atoms with Gasteiger partial charge in [0.15, 0.2) is 6.61 Å². The number of aryl methyl sites for hydroxylation is 1. The van der Waals surface area contributed by atoms with E-state index < -0.39 is 5.97 Å². The molecule has 1 heterocycles. The van der Waals surface area contributed by atoms with Gasteiger partial charge in [-0.25, -0.2) is 14.8 Å². The minimum absolute atomic E-state index is 0.344. The Kier molecular flexibility index (Phi) is 3.34. The maximum Gasteiger partial charge on any atom is 0.341 e. The first-order valence-corrected chi connectivity index (χ1v) is 5.44. The number of carboxylic acids is 1. The van der Waals surface area contributed by atoms with Gasteiger partial charge < -0.3 is 9.84 Å². The molecule has 0 unspecified atom stereocenters. The Balaban J connectivity index is 2.20. The van der Waals surface area contributed by atoms with Gasteiger partial charge in [-0.2, -0.15) is 0 Å². The van der Waals surface area contributed by atoms with E-state index in [-0.39, 0.29) is 6.61 Å². The number of carbonyl (C=O) groups is 1. The van der Waals surface area contributed by atoms with E-state index in [0.717, 1.165) is 36.9 Å². The highest BCUT2D eigenvalue weighted by molar-refractivity contribution is 5.68. The van der Waals surface area contributed by atoms with Crippen LogP contribution in [0.15, 0.2) is 6.33 Å². The molecule has 1 aliphatic rings. The van der Waals surface area contributed by atoms with Gasteiger partial charge in [0, 0.05) is 5.56 Å². The van der Waals surface area contributed by atoms with E-state index in [9.17, 15) is 4.79 Å². The summed E-state index contributed by atoms with van der Waals surface area (Å²) in [6, 6.07) is 0. The molecular formula is C11H14N2O3. The highest BCUT2D eigenvalue weighted by atomic mass is 16.5. The minimum atomic E-state index is -0.985. The van der Waals surface area contributed by atoms with Crippen LogP contribution in [-0.2, 0) is 17.6 Å². The molecule has 1 aromatic heterocycles. The van der Waals surface area contributed by atoms with Crippen LogP contribution in [-0.4, -0.2) is 27.7 Å². The summed E-state index contributed by atoms with van der Waals surface area (Å²) in [5.74, 6) is -0.546. The maximum atomic E-state index is 10.4. The summed E-state index contributed by atoms with van der Waals surface area (Å²) < 4.78 is 5.17. The van der Waals surface area contributed by atoms with Crippen molar-refractivity contribution in [3.05, 3.63) is 17.6 Å². The first-order valence-electron chi connectivity index (χ1n) is 5.44. The molecule has 86 valence electrons. The normalized spacial score (nSPS) is 15.0. The van der Waals surface area contributed by atoms with E-state index in [1.807, 2.05) is 0 Å². The SMILES string of the molecule is O=C(O)COc1ncnc2c1CCCCC2. The summed E-state index contributed by atoms with van der Waals surface area (Å²) in [7, 11) is 0. The van der Waals surface area contributed by atoms with E-state index in [4.69, 9.17) is 9.84 Å².